The summed E-state index contributed by atoms with van der Waals surface area (Å²) in [5, 5.41) is 12.7. The zero-order chi connectivity index (χ0) is 13.4. The molecule has 2 aromatic carbocycles. The maximum atomic E-state index is 10.5. The molecule has 0 saturated heterocycles. The van der Waals surface area contributed by atoms with Crippen LogP contribution in [0.1, 0.15) is 23.0 Å². The molecule has 3 heteroatoms. The van der Waals surface area contributed by atoms with E-state index >= 15 is 0 Å². The Morgan fingerprint density at radius 2 is 1.74 bits per heavy atom. The molecule has 0 fully saturated rings. The first kappa shape index (κ1) is 12.5. The lowest BCUT2D eigenvalue weighted by Gasteiger charge is -2.13. The van der Waals surface area contributed by atoms with Gasteiger partial charge in [-0.1, -0.05) is 36.4 Å². The highest BCUT2D eigenvalue weighted by atomic mass is 79.9. The minimum absolute atomic E-state index is 0.542. The molecule has 0 bridgehead atoms. The Labute approximate surface area is 119 Å². The molecular formula is C16H13BrO2. The first-order chi connectivity index (χ1) is 9.16. The van der Waals surface area contributed by atoms with E-state index in [1.807, 2.05) is 30.3 Å². The zero-order valence-corrected chi connectivity index (χ0v) is 12.0. The van der Waals surface area contributed by atoms with Gasteiger partial charge in [-0.25, -0.2) is 0 Å². The van der Waals surface area contributed by atoms with Gasteiger partial charge in [-0.2, -0.15) is 0 Å². The molecule has 3 aromatic rings. The predicted octanol–water partition coefficient (Wildman–Crippen LogP) is 4.59. The van der Waals surface area contributed by atoms with Crippen molar-refractivity contribution in [3.63, 3.8) is 0 Å². The van der Waals surface area contributed by atoms with Gasteiger partial charge in [0.05, 0.1) is 0 Å². The van der Waals surface area contributed by atoms with Gasteiger partial charge in [0.2, 0.25) is 0 Å². The zero-order valence-electron chi connectivity index (χ0n) is 10.4. The van der Waals surface area contributed by atoms with Gasteiger partial charge in [-0.05, 0) is 56.9 Å². The maximum Gasteiger partial charge on any atom is 0.169 e. The minimum atomic E-state index is -0.753. The standard InChI is InChI=1S/C16H13BrO2/c1-10-6-7-13(12-5-3-2-4-11(10)12)16(18)14-8-9-15(17)19-14/h2-9,16,18H,1H3. The molecule has 19 heavy (non-hydrogen) atoms. The molecule has 0 spiro atoms. The van der Waals surface area contributed by atoms with Gasteiger partial charge in [0, 0.05) is 0 Å². The predicted molar refractivity (Wildman–Crippen MR) is 79.2 cm³/mol. The lowest BCUT2D eigenvalue weighted by atomic mass is 9.96. The smallest absolute Gasteiger partial charge is 0.169 e. The van der Waals surface area contributed by atoms with E-state index in [0.29, 0.717) is 10.4 Å². The van der Waals surface area contributed by atoms with Gasteiger partial charge >= 0.3 is 0 Å². The van der Waals surface area contributed by atoms with Crippen molar-refractivity contribution in [2.45, 2.75) is 13.0 Å². The van der Waals surface area contributed by atoms with Crippen LogP contribution in [-0.2, 0) is 0 Å². The highest BCUT2D eigenvalue weighted by molar-refractivity contribution is 9.10. The fourth-order valence-electron chi connectivity index (χ4n) is 2.34. The minimum Gasteiger partial charge on any atom is -0.451 e. The first-order valence-corrected chi connectivity index (χ1v) is 6.87. The third-order valence-electron chi connectivity index (χ3n) is 3.33. The van der Waals surface area contributed by atoms with Crippen LogP contribution in [0.4, 0.5) is 0 Å². The number of hydrogen-bond donors (Lipinski definition) is 1. The van der Waals surface area contributed by atoms with Gasteiger partial charge in [0.1, 0.15) is 11.9 Å². The molecule has 3 rings (SSSR count). The third kappa shape index (κ3) is 2.20. The van der Waals surface area contributed by atoms with Crippen LogP contribution in [0.3, 0.4) is 0 Å². The average molecular weight is 317 g/mol. The lowest BCUT2D eigenvalue weighted by Crippen LogP contribution is -1.99. The van der Waals surface area contributed by atoms with E-state index in [-0.39, 0.29) is 0 Å². The summed E-state index contributed by atoms with van der Waals surface area (Å²) in [6.07, 6.45) is -0.753. The topological polar surface area (TPSA) is 33.4 Å². The van der Waals surface area contributed by atoms with E-state index in [0.717, 1.165) is 16.3 Å². The van der Waals surface area contributed by atoms with Crippen LogP contribution < -0.4 is 0 Å². The van der Waals surface area contributed by atoms with E-state index in [9.17, 15) is 5.11 Å². The quantitative estimate of drug-likeness (QED) is 0.750. The molecule has 1 unspecified atom stereocenters. The van der Waals surface area contributed by atoms with Crippen molar-refractivity contribution >= 4 is 26.7 Å². The third-order valence-corrected chi connectivity index (χ3v) is 3.76. The molecular weight excluding hydrogens is 304 g/mol. The van der Waals surface area contributed by atoms with Gasteiger partial charge in [-0.15, -0.1) is 0 Å². The van der Waals surface area contributed by atoms with Crippen molar-refractivity contribution in [3.8, 4) is 0 Å². The van der Waals surface area contributed by atoms with Gasteiger partial charge < -0.3 is 9.52 Å². The van der Waals surface area contributed by atoms with Gasteiger partial charge in [0.15, 0.2) is 4.67 Å². The number of aliphatic hydroxyl groups is 1. The van der Waals surface area contributed by atoms with E-state index in [4.69, 9.17) is 4.42 Å². The molecule has 1 atom stereocenters. The molecule has 1 N–H and O–H groups in total. The van der Waals surface area contributed by atoms with E-state index in [2.05, 4.69) is 28.9 Å². The van der Waals surface area contributed by atoms with E-state index in [1.54, 1.807) is 12.1 Å². The van der Waals surface area contributed by atoms with Crippen LogP contribution in [0.25, 0.3) is 10.8 Å². The molecule has 0 amide bonds. The fraction of sp³-hybridized carbons (Fsp3) is 0.125. The first-order valence-electron chi connectivity index (χ1n) is 6.08. The molecule has 96 valence electrons. The van der Waals surface area contributed by atoms with Crippen molar-refractivity contribution in [1.29, 1.82) is 0 Å². The summed E-state index contributed by atoms with van der Waals surface area (Å²) in [5.41, 5.74) is 2.07. The van der Waals surface area contributed by atoms with E-state index in [1.165, 1.54) is 5.56 Å². The van der Waals surface area contributed by atoms with Crippen molar-refractivity contribution in [1.82, 2.24) is 0 Å². The Bertz CT molecular complexity index is 730. The summed E-state index contributed by atoms with van der Waals surface area (Å²) in [5.74, 6) is 0.542. The Kier molecular flexibility index (Phi) is 3.17. The second kappa shape index (κ2) is 4.83. The summed E-state index contributed by atoms with van der Waals surface area (Å²) in [6.45, 7) is 2.07. The highest BCUT2D eigenvalue weighted by Gasteiger charge is 2.17. The largest absolute Gasteiger partial charge is 0.451 e. The Hall–Kier alpha value is -1.58. The second-order valence-corrected chi connectivity index (χ2v) is 5.34. The van der Waals surface area contributed by atoms with Crippen molar-refractivity contribution in [2.24, 2.45) is 0 Å². The Morgan fingerprint density at radius 3 is 2.42 bits per heavy atom. The number of benzene rings is 2. The normalized spacial score (nSPS) is 12.8. The number of furan rings is 1. The SMILES string of the molecule is Cc1ccc(C(O)c2ccc(Br)o2)c2ccccc12. The summed E-state index contributed by atoms with van der Waals surface area (Å²) >= 11 is 3.26. The fourth-order valence-corrected chi connectivity index (χ4v) is 2.66. The van der Waals surface area contributed by atoms with Crippen LogP contribution in [-0.4, -0.2) is 5.11 Å². The Morgan fingerprint density at radius 1 is 1.00 bits per heavy atom. The molecule has 2 nitrogen and oxygen atoms in total. The molecule has 1 heterocycles. The number of aliphatic hydroxyl groups excluding tert-OH is 1. The summed E-state index contributed by atoms with van der Waals surface area (Å²) in [6, 6.07) is 15.6. The van der Waals surface area contributed by atoms with Gasteiger partial charge in [0.25, 0.3) is 0 Å². The molecule has 1 aromatic heterocycles. The van der Waals surface area contributed by atoms with E-state index < -0.39 is 6.10 Å². The summed E-state index contributed by atoms with van der Waals surface area (Å²) in [4.78, 5) is 0. The second-order valence-electron chi connectivity index (χ2n) is 4.56. The van der Waals surface area contributed by atoms with Crippen LogP contribution in [0, 0.1) is 6.92 Å². The van der Waals surface area contributed by atoms with Crippen LogP contribution in [0.5, 0.6) is 0 Å². The van der Waals surface area contributed by atoms with Crippen LogP contribution in [0.2, 0.25) is 0 Å². The van der Waals surface area contributed by atoms with Crippen molar-refractivity contribution in [3.05, 3.63) is 70.1 Å². The summed E-state index contributed by atoms with van der Waals surface area (Å²) < 4.78 is 6.07. The molecule has 0 aliphatic heterocycles. The monoisotopic (exact) mass is 316 g/mol. The van der Waals surface area contributed by atoms with Gasteiger partial charge in [-0.3, -0.25) is 0 Å². The highest BCUT2D eigenvalue weighted by Crippen LogP contribution is 2.32. The van der Waals surface area contributed by atoms with Crippen LogP contribution in [0.15, 0.2) is 57.6 Å². The Balaban J connectivity index is 2.18. The number of hydrogen-bond acceptors (Lipinski definition) is 2. The number of fused-ring (bicyclic) bond motifs is 1. The number of halogens is 1. The van der Waals surface area contributed by atoms with Crippen molar-refractivity contribution in [2.75, 3.05) is 0 Å². The maximum absolute atomic E-state index is 10.5. The molecule has 0 saturated carbocycles. The average Bonchev–Trinajstić information content (AvgIpc) is 2.86. The number of aryl methyl sites for hydroxylation is 1. The molecule has 0 aliphatic carbocycles. The lowest BCUT2D eigenvalue weighted by molar-refractivity contribution is 0.189. The van der Waals surface area contributed by atoms with Crippen LogP contribution >= 0.6 is 15.9 Å². The van der Waals surface area contributed by atoms with Crippen molar-refractivity contribution < 1.29 is 9.52 Å². The summed E-state index contributed by atoms with van der Waals surface area (Å²) in [7, 11) is 0. The molecule has 0 aliphatic rings. The number of rotatable bonds is 2. The molecule has 0 radical (unpaired) electrons.